The standard InChI is InChI=1S/C22H22F2O4/c1-14(2)3-10-18-19(28-12-11-23)13-16(20(21(18)25)22(26)27)7-4-15-5-8-17(24)9-6-15/h3-9,13,25H,10-12H2,1-2H3,(H,26,27). The van der Waals surface area contributed by atoms with Crippen LogP contribution in [0.15, 0.2) is 42.0 Å². The number of carboxylic acid groups (broad SMARTS) is 1. The molecule has 6 heteroatoms. The van der Waals surface area contributed by atoms with E-state index in [1.807, 2.05) is 19.9 Å². The van der Waals surface area contributed by atoms with Crippen LogP contribution in [0.2, 0.25) is 0 Å². The summed E-state index contributed by atoms with van der Waals surface area (Å²) < 4.78 is 31.0. The Bertz CT molecular complexity index is 896. The molecule has 0 aliphatic heterocycles. The lowest BCUT2D eigenvalue weighted by molar-refractivity contribution is 0.0693. The molecule has 148 valence electrons. The Balaban J connectivity index is 2.56. The zero-order chi connectivity index (χ0) is 20.7. The van der Waals surface area contributed by atoms with Gasteiger partial charge in [-0.15, -0.1) is 0 Å². The molecule has 28 heavy (non-hydrogen) atoms. The zero-order valence-electron chi connectivity index (χ0n) is 15.7. The van der Waals surface area contributed by atoms with Crippen LogP contribution in [0.1, 0.15) is 40.9 Å². The Labute approximate surface area is 162 Å². The van der Waals surface area contributed by atoms with E-state index < -0.39 is 18.4 Å². The highest BCUT2D eigenvalue weighted by Gasteiger charge is 2.21. The van der Waals surface area contributed by atoms with Crippen molar-refractivity contribution in [3.8, 4) is 11.5 Å². The number of allylic oxidation sites excluding steroid dienone is 2. The number of phenols is 1. The van der Waals surface area contributed by atoms with E-state index in [-0.39, 0.29) is 41.3 Å². The van der Waals surface area contributed by atoms with Gasteiger partial charge in [0.25, 0.3) is 0 Å². The Hall–Kier alpha value is -3.15. The highest BCUT2D eigenvalue weighted by molar-refractivity contribution is 5.97. The quantitative estimate of drug-likeness (QED) is 0.478. The number of carbonyl (C=O) groups is 1. The second-order valence-electron chi connectivity index (χ2n) is 6.38. The summed E-state index contributed by atoms with van der Waals surface area (Å²) in [6.45, 7) is 2.81. The number of benzene rings is 2. The van der Waals surface area contributed by atoms with Gasteiger partial charge in [-0.2, -0.15) is 0 Å². The molecule has 0 saturated carbocycles. The lowest BCUT2D eigenvalue weighted by atomic mass is 9.97. The maximum Gasteiger partial charge on any atom is 0.340 e. The number of halogens is 2. The molecule has 0 aliphatic rings. The van der Waals surface area contributed by atoms with Crippen LogP contribution in [-0.4, -0.2) is 29.5 Å². The summed E-state index contributed by atoms with van der Waals surface area (Å²) in [5.74, 6) is -1.88. The second kappa shape index (κ2) is 9.69. The average molecular weight is 388 g/mol. The summed E-state index contributed by atoms with van der Waals surface area (Å²) in [6, 6.07) is 7.11. The summed E-state index contributed by atoms with van der Waals surface area (Å²) >= 11 is 0. The minimum absolute atomic E-state index is 0.198. The van der Waals surface area contributed by atoms with E-state index in [1.54, 1.807) is 6.08 Å². The molecule has 4 nitrogen and oxygen atoms in total. The Morgan fingerprint density at radius 3 is 2.43 bits per heavy atom. The molecule has 0 heterocycles. The molecule has 2 aromatic rings. The van der Waals surface area contributed by atoms with Crippen molar-refractivity contribution in [1.82, 2.24) is 0 Å². The smallest absolute Gasteiger partial charge is 0.340 e. The van der Waals surface area contributed by atoms with Crippen LogP contribution in [-0.2, 0) is 6.42 Å². The van der Waals surface area contributed by atoms with Gasteiger partial charge >= 0.3 is 5.97 Å². The van der Waals surface area contributed by atoms with Crippen LogP contribution in [0.3, 0.4) is 0 Å². The number of hydrogen-bond acceptors (Lipinski definition) is 3. The molecule has 0 saturated heterocycles. The van der Waals surface area contributed by atoms with Crippen molar-refractivity contribution in [2.75, 3.05) is 13.3 Å². The van der Waals surface area contributed by atoms with E-state index in [1.165, 1.54) is 36.4 Å². The average Bonchev–Trinajstić information content (AvgIpc) is 2.64. The predicted octanol–water partition coefficient (Wildman–Crippen LogP) is 5.26. The highest BCUT2D eigenvalue weighted by atomic mass is 19.1. The van der Waals surface area contributed by atoms with Gasteiger partial charge in [0.05, 0.1) is 0 Å². The SMILES string of the molecule is CC(C)=CCc1c(OCCF)cc(C=Cc2ccc(F)cc2)c(C(=O)O)c1O. The van der Waals surface area contributed by atoms with Crippen molar-refractivity contribution in [1.29, 1.82) is 0 Å². The summed E-state index contributed by atoms with van der Waals surface area (Å²) in [5, 5.41) is 20.2. The number of aromatic carboxylic acids is 1. The number of carboxylic acids is 1. The number of hydrogen-bond donors (Lipinski definition) is 2. The van der Waals surface area contributed by atoms with Gasteiger partial charge in [0.2, 0.25) is 0 Å². The Kier molecular flexibility index (Phi) is 7.32. The van der Waals surface area contributed by atoms with Gasteiger partial charge < -0.3 is 14.9 Å². The van der Waals surface area contributed by atoms with Crippen LogP contribution in [0, 0.1) is 5.82 Å². The van der Waals surface area contributed by atoms with Crippen LogP contribution in [0.25, 0.3) is 12.2 Å². The highest BCUT2D eigenvalue weighted by Crippen LogP contribution is 2.36. The first-order valence-corrected chi connectivity index (χ1v) is 8.71. The zero-order valence-corrected chi connectivity index (χ0v) is 15.7. The topological polar surface area (TPSA) is 66.8 Å². The van der Waals surface area contributed by atoms with E-state index in [0.717, 1.165) is 5.57 Å². The number of alkyl halides is 1. The van der Waals surface area contributed by atoms with Crippen LogP contribution in [0.4, 0.5) is 8.78 Å². The second-order valence-corrected chi connectivity index (χ2v) is 6.38. The molecule has 0 fully saturated rings. The van der Waals surface area contributed by atoms with Gasteiger partial charge in [-0.25, -0.2) is 13.6 Å². The lowest BCUT2D eigenvalue weighted by Gasteiger charge is -2.15. The number of ether oxygens (including phenoxy) is 1. The van der Waals surface area contributed by atoms with E-state index in [0.29, 0.717) is 5.56 Å². The molecule has 0 bridgehead atoms. The molecular formula is C22H22F2O4. The molecule has 0 aliphatic carbocycles. The molecule has 0 aromatic heterocycles. The minimum Gasteiger partial charge on any atom is -0.507 e. The van der Waals surface area contributed by atoms with Crippen LogP contribution >= 0.6 is 0 Å². The predicted molar refractivity (Wildman–Crippen MR) is 105 cm³/mol. The first kappa shape index (κ1) is 21.2. The maximum atomic E-state index is 13.0. The van der Waals surface area contributed by atoms with Gasteiger partial charge in [0, 0.05) is 5.56 Å². The van der Waals surface area contributed by atoms with Gasteiger partial charge in [-0.3, -0.25) is 0 Å². The molecular weight excluding hydrogens is 366 g/mol. The van der Waals surface area contributed by atoms with E-state index in [4.69, 9.17) is 4.74 Å². The molecule has 2 aromatic carbocycles. The summed E-state index contributed by atoms with van der Waals surface area (Å²) in [5.41, 5.74) is 1.84. The van der Waals surface area contributed by atoms with Crippen molar-refractivity contribution < 1.29 is 28.5 Å². The Morgan fingerprint density at radius 2 is 1.86 bits per heavy atom. The molecule has 0 spiro atoms. The third kappa shape index (κ3) is 5.42. The van der Waals surface area contributed by atoms with Crippen LogP contribution in [0.5, 0.6) is 11.5 Å². The van der Waals surface area contributed by atoms with Crippen LogP contribution < -0.4 is 4.74 Å². The lowest BCUT2D eigenvalue weighted by Crippen LogP contribution is -2.07. The molecule has 0 amide bonds. The fraction of sp³-hybridized carbons (Fsp3) is 0.227. The van der Waals surface area contributed by atoms with Crippen molar-refractivity contribution >= 4 is 18.1 Å². The van der Waals surface area contributed by atoms with Crippen molar-refractivity contribution in [3.05, 3.63) is 70.1 Å². The maximum absolute atomic E-state index is 13.0. The summed E-state index contributed by atoms with van der Waals surface area (Å²) in [4.78, 5) is 11.8. The van der Waals surface area contributed by atoms with E-state index in [9.17, 15) is 23.8 Å². The van der Waals surface area contributed by atoms with E-state index in [2.05, 4.69) is 0 Å². The fourth-order valence-corrected chi connectivity index (χ4v) is 2.60. The first-order chi connectivity index (χ1) is 13.3. The number of rotatable bonds is 8. The molecule has 0 radical (unpaired) electrons. The molecule has 2 N–H and O–H groups in total. The largest absolute Gasteiger partial charge is 0.507 e. The van der Waals surface area contributed by atoms with Crippen molar-refractivity contribution in [2.45, 2.75) is 20.3 Å². The van der Waals surface area contributed by atoms with E-state index >= 15 is 0 Å². The van der Waals surface area contributed by atoms with Gasteiger partial charge in [0.15, 0.2) is 0 Å². The Morgan fingerprint density at radius 1 is 1.18 bits per heavy atom. The van der Waals surface area contributed by atoms with Crippen molar-refractivity contribution in [3.63, 3.8) is 0 Å². The fourth-order valence-electron chi connectivity index (χ4n) is 2.60. The third-order valence-electron chi connectivity index (χ3n) is 3.98. The molecule has 0 unspecified atom stereocenters. The third-order valence-corrected chi connectivity index (χ3v) is 3.98. The summed E-state index contributed by atoms with van der Waals surface area (Å²) in [6.07, 6.45) is 5.15. The van der Waals surface area contributed by atoms with Gasteiger partial charge in [-0.05, 0) is 49.6 Å². The van der Waals surface area contributed by atoms with Gasteiger partial charge in [0.1, 0.15) is 36.2 Å². The monoisotopic (exact) mass is 388 g/mol. The van der Waals surface area contributed by atoms with Gasteiger partial charge in [-0.1, -0.05) is 35.9 Å². The molecule has 0 atom stereocenters. The summed E-state index contributed by atoms with van der Waals surface area (Å²) in [7, 11) is 0. The first-order valence-electron chi connectivity index (χ1n) is 8.71. The number of aromatic hydroxyl groups is 1. The molecule has 2 rings (SSSR count). The minimum atomic E-state index is -1.30. The van der Waals surface area contributed by atoms with Crippen molar-refractivity contribution in [2.24, 2.45) is 0 Å². The normalized spacial score (nSPS) is 10.9.